The van der Waals surface area contributed by atoms with Crippen LogP contribution in [0.25, 0.3) is 0 Å². The summed E-state index contributed by atoms with van der Waals surface area (Å²) < 4.78 is 0. The van der Waals surface area contributed by atoms with E-state index in [1.807, 2.05) is 0 Å². The Morgan fingerprint density at radius 1 is 1.00 bits per heavy atom. The third kappa shape index (κ3) is 1.81. The average molecular weight is 201 g/mol. The molecule has 0 spiro atoms. The van der Waals surface area contributed by atoms with Crippen molar-refractivity contribution in [3.63, 3.8) is 0 Å². The molecule has 0 aromatic heterocycles. The number of nitrogens with zero attached hydrogens (tertiary/aromatic N) is 1. The first-order valence-electron chi connectivity index (χ1n) is 6.13. The van der Waals surface area contributed by atoms with Crippen molar-refractivity contribution in [2.45, 2.75) is 44.2 Å². The van der Waals surface area contributed by atoms with E-state index in [1.165, 1.54) is 32.1 Å². The van der Waals surface area contributed by atoms with E-state index in [2.05, 4.69) is 36.2 Å². The van der Waals surface area contributed by atoms with E-state index in [9.17, 15) is 0 Å². The monoisotopic (exact) mass is 201 g/mol. The largest absolute Gasteiger partial charge is 0.300 e. The van der Waals surface area contributed by atoms with Gasteiger partial charge in [-0.3, -0.25) is 0 Å². The van der Waals surface area contributed by atoms with Gasteiger partial charge >= 0.3 is 0 Å². The van der Waals surface area contributed by atoms with Crippen LogP contribution in [-0.4, -0.2) is 24.0 Å². The quantitative estimate of drug-likeness (QED) is 0.711. The van der Waals surface area contributed by atoms with Crippen molar-refractivity contribution in [1.82, 2.24) is 4.90 Å². The molecule has 1 aromatic carbocycles. The second-order valence-corrected chi connectivity index (χ2v) is 5.06. The maximum absolute atomic E-state index is 2.62. The van der Waals surface area contributed by atoms with Crippen molar-refractivity contribution in [3.05, 3.63) is 35.4 Å². The zero-order chi connectivity index (χ0) is 10.3. The summed E-state index contributed by atoms with van der Waals surface area (Å²) in [4.78, 5) is 2.62. The first kappa shape index (κ1) is 9.41. The average Bonchev–Trinajstić information content (AvgIpc) is 3.11. The van der Waals surface area contributed by atoms with Gasteiger partial charge in [-0.1, -0.05) is 24.3 Å². The van der Waals surface area contributed by atoms with Gasteiger partial charge in [-0.25, -0.2) is 0 Å². The van der Waals surface area contributed by atoms with Gasteiger partial charge in [0.15, 0.2) is 0 Å². The first-order valence-corrected chi connectivity index (χ1v) is 6.13. The van der Waals surface area contributed by atoms with Crippen LogP contribution in [0.2, 0.25) is 0 Å². The van der Waals surface area contributed by atoms with E-state index < -0.39 is 0 Å². The van der Waals surface area contributed by atoms with Crippen LogP contribution in [0, 0.1) is 0 Å². The number of rotatable bonds is 2. The number of aryl methyl sites for hydroxylation is 1. The summed E-state index contributed by atoms with van der Waals surface area (Å²) in [5, 5.41) is 0. The lowest BCUT2D eigenvalue weighted by molar-refractivity contribution is 0.212. The zero-order valence-corrected chi connectivity index (χ0v) is 9.45. The lowest BCUT2D eigenvalue weighted by Crippen LogP contribution is -2.37. The molecular weight excluding hydrogens is 182 g/mol. The minimum atomic E-state index is 0.799. The second-order valence-electron chi connectivity index (χ2n) is 5.06. The van der Waals surface area contributed by atoms with Crippen LogP contribution in [0.1, 0.15) is 30.4 Å². The Hall–Kier alpha value is -0.820. The van der Waals surface area contributed by atoms with Crippen LogP contribution in [0.15, 0.2) is 24.3 Å². The van der Waals surface area contributed by atoms with Gasteiger partial charge in [0.2, 0.25) is 0 Å². The third-order valence-electron chi connectivity index (χ3n) is 4.02. The molecule has 2 aliphatic rings. The molecule has 1 atom stereocenters. The normalized spacial score (nSPS) is 25.3. The van der Waals surface area contributed by atoms with Gasteiger partial charge in [-0.05, 0) is 50.3 Å². The molecule has 3 rings (SSSR count). The molecule has 0 aliphatic heterocycles. The fourth-order valence-electron chi connectivity index (χ4n) is 2.81. The highest BCUT2D eigenvalue weighted by Gasteiger charge is 2.32. The minimum Gasteiger partial charge on any atom is -0.300 e. The van der Waals surface area contributed by atoms with Crippen LogP contribution in [0.5, 0.6) is 0 Å². The van der Waals surface area contributed by atoms with Gasteiger partial charge in [0.05, 0.1) is 0 Å². The molecule has 1 saturated carbocycles. The smallest absolute Gasteiger partial charge is 0.0139 e. The van der Waals surface area contributed by atoms with Crippen molar-refractivity contribution >= 4 is 0 Å². The Morgan fingerprint density at radius 2 is 1.73 bits per heavy atom. The highest BCUT2D eigenvalue weighted by atomic mass is 15.2. The summed E-state index contributed by atoms with van der Waals surface area (Å²) >= 11 is 0. The van der Waals surface area contributed by atoms with E-state index in [0.29, 0.717) is 0 Å². The summed E-state index contributed by atoms with van der Waals surface area (Å²) in [6, 6.07) is 10.7. The fraction of sp³-hybridized carbons (Fsp3) is 0.571. The molecule has 0 N–H and O–H groups in total. The fourth-order valence-corrected chi connectivity index (χ4v) is 2.81. The van der Waals surface area contributed by atoms with E-state index in [0.717, 1.165) is 12.1 Å². The maximum Gasteiger partial charge on any atom is 0.0139 e. The predicted molar refractivity (Wildman–Crippen MR) is 63.0 cm³/mol. The molecule has 80 valence electrons. The predicted octanol–water partition coefficient (Wildman–Crippen LogP) is 2.64. The lowest BCUT2D eigenvalue weighted by atomic mass is 9.87. The van der Waals surface area contributed by atoms with Crippen molar-refractivity contribution in [1.29, 1.82) is 0 Å². The summed E-state index contributed by atoms with van der Waals surface area (Å²) in [6.07, 6.45) is 6.74. The summed E-state index contributed by atoms with van der Waals surface area (Å²) in [7, 11) is 2.32. The number of hydrogen-bond acceptors (Lipinski definition) is 1. The standard InChI is InChI=1S/C14H19N/c1-15(13-8-9-13)14-7-6-11-4-2-3-5-12(11)10-14/h2-5,13-14H,6-10H2,1H3/t14-/m0/s1. The van der Waals surface area contributed by atoms with E-state index in [-0.39, 0.29) is 0 Å². The highest BCUT2D eigenvalue weighted by molar-refractivity contribution is 5.30. The molecule has 1 fully saturated rings. The van der Waals surface area contributed by atoms with Gasteiger partial charge < -0.3 is 4.90 Å². The van der Waals surface area contributed by atoms with E-state index >= 15 is 0 Å². The van der Waals surface area contributed by atoms with Gasteiger partial charge in [-0.2, -0.15) is 0 Å². The van der Waals surface area contributed by atoms with Crippen LogP contribution >= 0.6 is 0 Å². The Kier molecular flexibility index (Phi) is 2.28. The Morgan fingerprint density at radius 3 is 2.47 bits per heavy atom. The topological polar surface area (TPSA) is 3.24 Å². The van der Waals surface area contributed by atoms with Crippen molar-refractivity contribution in [3.8, 4) is 0 Å². The van der Waals surface area contributed by atoms with Crippen molar-refractivity contribution in [2.75, 3.05) is 7.05 Å². The van der Waals surface area contributed by atoms with Gasteiger partial charge in [-0.15, -0.1) is 0 Å². The molecule has 1 aromatic rings. The Balaban J connectivity index is 1.76. The molecule has 15 heavy (non-hydrogen) atoms. The molecule has 0 bridgehead atoms. The Labute approximate surface area is 92.1 Å². The molecule has 1 nitrogen and oxygen atoms in total. The number of fused-ring (bicyclic) bond motifs is 1. The molecular formula is C14H19N. The molecule has 0 heterocycles. The van der Waals surface area contributed by atoms with Gasteiger partial charge in [0.25, 0.3) is 0 Å². The first-order chi connectivity index (χ1) is 7.34. The summed E-state index contributed by atoms with van der Waals surface area (Å²) in [6.45, 7) is 0. The molecule has 0 unspecified atom stereocenters. The SMILES string of the molecule is CN(C1CC1)[C@H]1CCc2ccccc2C1. The third-order valence-corrected chi connectivity index (χ3v) is 4.02. The lowest BCUT2D eigenvalue weighted by Gasteiger charge is -2.32. The van der Waals surface area contributed by atoms with Crippen LogP contribution < -0.4 is 0 Å². The van der Waals surface area contributed by atoms with E-state index in [4.69, 9.17) is 0 Å². The zero-order valence-electron chi connectivity index (χ0n) is 9.45. The molecule has 0 saturated heterocycles. The molecule has 0 amide bonds. The Bertz CT molecular complexity index is 354. The molecule has 0 radical (unpaired) electrons. The second kappa shape index (κ2) is 3.64. The van der Waals surface area contributed by atoms with Gasteiger partial charge in [0, 0.05) is 12.1 Å². The number of benzene rings is 1. The van der Waals surface area contributed by atoms with E-state index in [1.54, 1.807) is 11.1 Å². The van der Waals surface area contributed by atoms with Crippen LogP contribution in [0.4, 0.5) is 0 Å². The summed E-state index contributed by atoms with van der Waals surface area (Å²) in [5.74, 6) is 0. The number of likely N-dealkylation sites (N-methyl/N-ethyl adjacent to an activating group) is 1. The van der Waals surface area contributed by atoms with Crippen LogP contribution in [-0.2, 0) is 12.8 Å². The molecule has 1 heteroatoms. The summed E-state index contributed by atoms with van der Waals surface area (Å²) in [5.41, 5.74) is 3.17. The molecule has 2 aliphatic carbocycles. The maximum atomic E-state index is 2.62. The minimum absolute atomic E-state index is 0.799. The van der Waals surface area contributed by atoms with Crippen LogP contribution in [0.3, 0.4) is 0 Å². The number of hydrogen-bond donors (Lipinski definition) is 0. The van der Waals surface area contributed by atoms with Crippen molar-refractivity contribution < 1.29 is 0 Å². The van der Waals surface area contributed by atoms with Gasteiger partial charge in [0.1, 0.15) is 0 Å². The van der Waals surface area contributed by atoms with Crippen molar-refractivity contribution in [2.24, 2.45) is 0 Å². The highest BCUT2D eigenvalue weighted by Crippen LogP contribution is 2.32.